The molecule has 0 radical (unpaired) electrons. The Bertz CT molecular complexity index is 394. The van der Waals surface area contributed by atoms with Gasteiger partial charge in [0.15, 0.2) is 0 Å². The first-order valence-electron chi connectivity index (χ1n) is 4.76. The summed E-state index contributed by atoms with van der Waals surface area (Å²) in [5, 5.41) is 5.02. The maximum atomic E-state index is 10.2. The van der Waals surface area contributed by atoms with Gasteiger partial charge in [0.05, 0.1) is 0 Å². The van der Waals surface area contributed by atoms with E-state index in [1.54, 1.807) is 6.08 Å². The molecule has 1 heterocycles. The van der Waals surface area contributed by atoms with Gasteiger partial charge >= 0.3 is 0 Å². The second kappa shape index (κ2) is 7.62. The summed E-state index contributed by atoms with van der Waals surface area (Å²) < 4.78 is 0. The Morgan fingerprint density at radius 3 is 2.40 bits per heavy atom. The van der Waals surface area contributed by atoms with E-state index < -0.39 is 0 Å². The van der Waals surface area contributed by atoms with Crippen LogP contribution in [0.5, 0.6) is 0 Å². The van der Waals surface area contributed by atoms with Crippen LogP contribution in [0.2, 0.25) is 0 Å². The normalized spacial score (nSPS) is 11.0. The molecule has 0 spiro atoms. The van der Waals surface area contributed by atoms with Gasteiger partial charge in [0.25, 0.3) is 5.56 Å². The van der Waals surface area contributed by atoms with Crippen molar-refractivity contribution in [2.24, 2.45) is 0 Å². The van der Waals surface area contributed by atoms with E-state index in [4.69, 9.17) is 0 Å². The molecule has 0 bridgehead atoms. The molecule has 0 aromatic carbocycles. The summed E-state index contributed by atoms with van der Waals surface area (Å²) in [6.07, 6.45) is 7.77. The molecule has 1 rings (SSSR count). The number of allylic oxidation sites excluding steroid dienone is 5. The Labute approximate surface area is 90.2 Å². The second-order valence-electron chi connectivity index (χ2n) is 3.07. The van der Waals surface area contributed by atoms with Crippen LogP contribution in [0.4, 0.5) is 0 Å². The van der Waals surface area contributed by atoms with Gasteiger partial charge in [-0.05, 0) is 20.8 Å². The third-order valence-corrected chi connectivity index (χ3v) is 1.68. The van der Waals surface area contributed by atoms with E-state index in [0.717, 1.165) is 5.69 Å². The Morgan fingerprint density at radius 1 is 1.47 bits per heavy atom. The van der Waals surface area contributed by atoms with Gasteiger partial charge in [-0.2, -0.15) is 0 Å². The van der Waals surface area contributed by atoms with E-state index in [1.165, 1.54) is 11.6 Å². The van der Waals surface area contributed by atoms with E-state index in [2.05, 4.69) is 29.8 Å². The van der Waals surface area contributed by atoms with Crippen LogP contribution in [-0.2, 0) is 0 Å². The van der Waals surface area contributed by atoms with Crippen LogP contribution < -0.4 is 5.56 Å². The summed E-state index contributed by atoms with van der Waals surface area (Å²) in [6.45, 7) is 9.44. The van der Waals surface area contributed by atoms with Crippen LogP contribution in [0.25, 0.3) is 0 Å². The molecular formula is C12H18N2O. The highest BCUT2D eigenvalue weighted by atomic mass is 16.1. The monoisotopic (exact) mass is 206 g/mol. The van der Waals surface area contributed by atoms with Crippen LogP contribution in [0, 0.1) is 6.92 Å². The largest absolute Gasteiger partial charge is 0.303 e. The molecule has 0 atom stereocenters. The number of aromatic amines is 2. The summed E-state index contributed by atoms with van der Waals surface area (Å²) in [5.41, 5.74) is 2.06. The number of aryl methyl sites for hydroxylation is 1. The van der Waals surface area contributed by atoms with E-state index in [-0.39, 0.29) is 5.56 Å². The number of nitrogens with one attached hydrogen (secondary N) is 2. The number of hydrogen-bond acceptors (Lipinski definition) is 1. The molecular weight excluding hydrogens is 188 g/mol. The highest BCUT2D eigenvalue weighted by Gasteiger charge is 1.81. The molecule has 0 aliphatic heterocycles. The minimum atomic E-state index is -0.0718. The summed E-state index contributed by atoms with van der Waals surface area (Å²) in [5.74, 6) is 0. The Kier molecular flexibility index (Phi) is 6.72. The van der Waals surface area contributed by atoms with Gasteiger partial charge < -0.3 is 5.10 Å². The van der Waals surface area contributed by atoms with E-state index in [9.17, 15) is 4.79 Å². The Hall–Kier alpha value is -1.77. The first kappa shape index (κ1) is 13.2. The average molecular weight is 206 g/mol. The fraction of sp³-hybridized carbons (Fsp3) is 0.250. The topological polar surface area (TPSA) is 48.6 Å². The van der Waals surface area contributed by atoms with Crippen molar-refractivity contribution in [3.05, 3.63) is 58.6 Å². The predicted molar refractivity (Wildman–Crippen MR) is 64.9 cm³/mol. The standard InChI is InChI=1S/C8H12.C4H6N2O/c1-4-6-7-8(3)5-2;1-3-2-4(7)6-5-3/h4-7H,1H2,2-3H3;2H,1H3,(H2,5,6,7)/b7-6-,8-5-;. The third-order valence-electron chi connectivity index (χ3n) is 1.68. The first-order chi connectivity index (χ1) is 7.10. The van der Waals surface area contributed by atoms with Crippen molar-refractivity contribution >= 4 is 0 Å². The SMILES string of the molecule is C=C/C=C\C(C)=C/C.Cc1cc(=O)[nH][nH]1. The molecule has 82 valence electrons. The molecule has 0 saturated heterocycles. The number of hydrogen-bond donors (Lipinski definition) is 2. The van der Waals surface area contributed by atoms with Crippen LogP contribution in [0.3, 0.4) is 0 Å². The fourth-order valence-electron chi connectivity index (χ4n) is 0.745. The minimum Gasteiger partial charge on any atom is -0.303 e. The summed E-state index contributed by atoms with van der Waals surface area (Å²) in [7, 11) is 0. The van der Waals surface area contributed by atoms with Crippen molar-refractivity contribution in [3.63, 3.8) is 0 Å². The van der Waals surface area contributed by atoms with Gasteiger partial charge in [0, 0.05) is 11.8 Å². The van der Waals surface area contributed by atoms with E-state index in [0.29, 0.717) is 0 Å². The van der Waals surface area contributed by atoms with Crippen molar-refractivity contribution in [1.82, 2.24) is 10.2 Å². The zero-order valence-corrected chi connectivity index (χ0v) is 9.50. The fourth-order valence-corrected chi connectivity index (χ4v) is 0.745. The molecule has 2 N–H and O–H groups in total. The summed E-state index contributed by atoms with van der Waals surface area (Å²) in [6, 6.07) is 1.50. The lowest BCUT2D eigenvalue weighted by Gasteiger charge is -1.82. The molecule has 15 heavy (non-hydrogen) atoms. The van der Waals surface area contributed by atoms with Crippen molar-refractivity contribution in [2.75, 3.05) is 0 Å². The summed E-state index contributed by atoms with van der Waals surface area (Å²) >= 11 is 0. The maximum absolute atomic E-state index is 10.2. The maximum Gasteiger partial charge on any atom is 0.264 e. The van der Waals surface area contributed by atoms with E-state index >= 15 is 0 Å². The Balaban J connectivity index is 0.000000262. The molecule has 3 nitrogen and oxygen atoms in total. The van der Waals surface area contributed by atoms with Gasteiger partial charge in [-0.3, -0.25) is 9.89 Å². The zero-order valence-electron chi connectivity index (χ0n) is 9.50. The molecule has 0 aliphatic rings. The van der Waals surface area contributed by atoms with Crippen LogP contribution >= 0.6 is 0 Å². The molecule has 3 heteroatoms. The quantitative estimate of drug-likeness (QED) is 0.718. The molecule has 0 saturated carbocycles. The second-order valence-corrected chi connectivity index (χ2v) is 3.07. The lowest BCUT2D eigenvalue weighted by molar-refractivity contribution is 1.02. The van der Waals surface area contributed by atoms with Crippen LogP contribution in [0.1, 0.15) is 19.5 Å². The highest BCUT2D eigenvalue weighted by Crippen LogP contribution is 1.92. The van der Waals surface area contributed by atoms with Gasteiger partial charge in [0.1, 0.15) is 0 Å². The third kappa shape index (κ3) is 7.31. The molecule has 0 fully saturated rings. The smallest absolute Gasteiger partial charge is 0.264 e. The van der Waals surface area contributed by atoms with Crippen LogP contribution in [-0.4, -0.2) is 10.2 Å². The van der Waals surface area contributed by atoms with Gasteiger partial charge in [-0.15, -0.1) is 0 Å². The van der Waals surface area contributed by atoms with Crippen molar-refractivity contribution in [1.29, 1.82) is 0 Å². The number of H-pyrrole nitrogens is 2. The lowest BCUT2D eigenvalue weighted by Crippen LogP contribution is -1.93. The molecule has 1 aromatic rings. The molecule has 1 aromatic heterocycles. The highest BCUT2D eigenvalue weighted by molar-refractivity contribution is 5.18. The number of rotatable bonds is 2. The predicted octanol–water partition coefficient (Wildman–Crippen LogP) is 2.71. The van der Waals surface area contributed by atoms with Crippen molar-refractivity contribution < 1.29 is 0 Å². The first-order valence-corrected chi connectivity index (χ1v) is 4.76. The van der Waals surface area contributed by atoms with Crippen molar-refractivity contribution in [2.45, 2.75) is 20.8 Å². The van der Waals surface area contributed by atoms with Gasteiger partial charge in [-0.1, -0.05) is 36.5 Å². The van der Waals surface area contributed by atoms with Crippen LogP contribution in [0.15, 0.2) is 47.3 Å². The number of aromatic nitrogens is 2. The van der Waals surface area contributed by atoms with Gasteiger partial charge in [-0.25, -0.2) is 0 Å². The molecule has 0 aliphatic carbocycles. The van der Waals surface area contributed by atoms with Crippen molar-refractivity contribution in [3.8, 4) is 0 Å². The van der Waals surface area contributed by atoms with E-state index in [1.807, 2.05) is 26.0 Å². The summed E-state index contributed by atoms with van der Waals surface area (Å²) in [4.78, 5) is 10.2. The van der Waals surface area contributed by atoms with Gasteiger partial charge in [0.2, 0.25) is 0 Å². The Morgan fingerprint density at radius 2 is 2.13 bits per heavy atom. The molecule has 0 amide bonds. The molecule has 0 unspecified atom stereocenters. The lowest BCUT2D eigenvalue weighted by atomic mass is 10.3. The average Bonchev–Trinajstić information content (AvgIpc) is 2.59. The zero-order chi connectivity index (χ0) is 11.7. The minimum absolute atomic E-state index is 0.0718.